The Kier molecular flexibility index (Phi) is 4.25. The number of nitrogens with one attached hydrogen (secondary N) is 3. The van der Waals surface area contributed by atoms with Crippen molar-refractivity contribution in [1.29, 1.82) is 5.41 Å². The van der Waals surface area contributed by atoms with Crippen LogP contribution in [-0.4, -0.2) is 11.1 Å². The van der Waals surface area contributed by atoms with Crippen LogP contribution in [0.3, 0.4) is 0 Å². The number of guanidine groups is 1. The van der Waals surface area contributed by atoms with Gasteiger partial charge in [-0.05, 0) is 36.7 Å². The van der Waals surface area contributed by atoms with Gasteiger partial charge in [-0.15, -0.1) is 0 Å². The molecule has 0 aliphatic rings. The van der Waals surface area contributed by atoms with E-state index in [0.717, 1.165) is 17.7 Å². The van der Waals surface area contributed by atoms with Crippen LogP contribution in [0.5, 0.6) is 0 Å². The van der Waals surface area contributed by atoms with Crippen molar-refractivity contribution in [3.8, 4) is 0 Å². The van der Waals surface area contributed by atoms with Crippen molar-refractivity contribution >= 4 is 29.0 Å². The molecule has 1 aromatic rings. The van der Waals surface area contributed by atoms with Crippen LogP contribution < -0.4 is 16.4 Å². The van der Waals surface area contributed by atoms with E-state index in [9.17, 15) is 0 Å². The number of hydrogen-bond donors (Lipinski definition) is 4. The van der Waals surface area contributed by atoms with E-state index in [4.69, 9.17) is 23.4 Å². The second-order valence-electron chi connectivity index (χ2n) is 3.46. The van der Waals surface area contributed by atoms with Gasteiger partial charge in [0.05, 0.1) is 0 Å². The summed E-state index contributed by atoms with van der Waals surface area (Å²) in [6.07, 6.45) is 0.923. The van der Waals surface area contributed by atoms with Crippen molar-refractivity contribution in [2.24, 2.45) is 5.73 Å². The maximum atomic E-state index is 7.08. The SMILES string of the molecule is CCc1cccc(C)c1NC(=S)NC(=N)N. The van der Waals surface area contributed by atoms with E-state index in [0.29, 0.717) is 5.11 Å². The summed E-state index contributed by atoms with van der Waals surface area (Å²) in [5.74, 6) is -0.163. The fraction of sp³-hybridized carbons (Fsp3) is 0.273. The highest BCUT2D eigenvalue weighted by atomic mass is 32.1. The summed E-state index contributed by atoms with van der Waals surface area (Å²) in [7, 11) is 0. The normalized spacial score (nSPS) is 9.62. The van der Waals surface area contributed by atoms with E-state index >= 15 is 0 Å². The fourth-order valence-corrected chi connectivity index (χ4v) is 1.68. The van der Waals surface area contributed by atoms with Gasteiger partial charge in [0.1, 0.15) is 0 Å². The van der Waals surface area contributed by atoms with Crippen molar-refractivity contribution in [1.82, 2.24) is 5.32 Å². The molecular formula is C11H16N4S. The molecule has 0 saturated heterocycles. The zero-order chi connectivity index (χ0) is 12.1. The fourth-order valence-electron chi connectivity index (χ4n) is 1.47. The summed E-state index contributed by atoms with van der Waals surface area (Å²) in [5.41, 5.74) is 8.50. The standard InChI is InChI=1S/C11H16N4S/c1-3-8-6-4-5-7(2)9(8)14-11(16)15-10(12)13/h4-6H,3H2,1-2H3,(H5,12,13,14,15,16). The molecule has 1 rings (SSSR count). The maximum absolute atomic E-state index is 7.08. The Hall–Kier alpha value is -1.62. The van der Waals surface area contributed by atoms with Crippen LogP contribution in [0.15, 0.2) is 18.2 Å². The zero-order valence-corrected chi connectivity index (χ0v) is 10.2. The summed E-state index contributed by atoms with van der Waals surface area (Å²) < 4.78 is 0. The number of anilines is 1. The molecule has 0 bridgehead atoms. The van der Waals surface area contributed by atoms with Gasteiger partial charge < -0.3 is 16.4 Å². The summed E-state index contributed by atoms with van der Waals surface area (Å²) in [6, 6.07) is 6.07. The number of aryl methyl sites for hydroxylation is 2. The van der Waals surface area contributed by atoms with Crippen LogP contribution in [0.2, 0.25) is 0 Å². The summed E-state index contributed by atoms with van der Waals surface area (Å²) in [6.45, 7) is 4.10. The molecule has 0 spiro atoms. The molecule has 5 N–H and O–H groups in total. The first-order valence-corrected chi connectivity index (χ1v) is 5.46. The Morgan fingerprint density at radius 3 is 2.75 bits per heavy atom. The zero-order valence-electron chi connectivity index (χ0n) is 9.42. The quantitative estimate of drug-likeness (QED) is 0.358. The van der Waals surface area contributed by atoms with Crippen LogP contribution in [-0.2, 0) is 6.42 Å². The monoisotopic (exact) mass is 236 g/mol. The topological polar surface area (TPSA) is 73.9 Å². The van der Waals surface area contributed by atoms with Crippen LogP contribution in [0.4, 0.5) is 5.69 Å². The van der Waals surface area contributed by atoms with Gasteiger partial charge in [-0.2, -0.15) is 0 Å². The van der Waals surface area contributed by atoms with Crippen LogP contribution in [0, 0.1) is 12.3 Å². The lowest BCUT2D eigenvalue weighted by Gasteiger charge is -2.14. The van der Waals surface area contributed by atoms with Gasteiger partial charge >= 0.3 is 0 Å². The van der Waals surface area contributed by atoms with E-state index in [1.54, 1.807) is 0 Å². The van der Waals surface area contributed by atoms with Crippen molar-refractivity contribution < 1.29 is 0 Å². The first kappa shape index (κ1) is 12.4. The third-order valence-corrected chi connectivity index (χ3v) is 2.43. The van der Waals surface area contributed by atoms with Gasteiger partial charge in [-0.25, -0.2) is 0 Å². The highest BCUT2D eigenvalue weighted by molar-refractivity contribution is 7.80. The number of nitrogens with two attached hydrogens (primary N) is 1. The predicted molar refractivity (Wildman–Crippen MR) is 71.8 cm³/mol. The number of rotatable bonds is 2. The van der Waals surface area contributed by atoms with Crippen molar-refractivity contribution in [2.75, 3.05) is 5.32 Å². The van der Waals surface area contributed by atoms with E-state index in [1.807, 2.05) is 25.1 Å². The van der Waals surface area contributed by atoms with Gasteiger partial charge in [0.2, 0.25) is 0 Å². The third-order valence-electron chi connectivity index (χ3n) is 2.23. The first-order valence-electron chi connectivity index (χ1n) is 5.05. The van der Waals surface area contributed by atoms with E-state index < -0.39 is 0 Å². The molecule has 0 unspecified atom stereocenters. The minimum Gasteiger partial charge on any atom is -0.370 e. The summed E-state index contributed by atoms with van der Waals surface area (Å²) in [5, 5.41) is 13.0. The number of thiocarbonyl (C=S) groups is 1. The maximum Gasteiger partial charge on any atom is 0.192 e. The van der Waals surface area contributed by atoms with Crippen molar-refractivity contribution in [2.45, 2.75) is 20.3 Å². The molecule has 0 amide bonds. The minimum absolute atomic E-state index is 0.163. The van der Waals surface area contributed by atoms with Crippen LogP contribution >= 0.6 is 12.2 Å². The Morgan fingerprint density at radius 1 is 1.50 bits per heavy atom. The minimum atomic E-state index is -0.163. The molecule has 16 heavy (non-hydrogen) atoms. The van der Waals surface area contributed by atoms with E-state index in [2.05, 4.69) is 17.6 Å². The smallest absolute Gasteiger partial charge is 0.192 e. The first-order chi connectivity index (χ1) is 7.54. The lowest BCUT2D eigenvalue weighted by Crippen LogP contribution is -2.38. The Morgan fingerprint density at radius 2 is 2.19 bits per heavy atom. The third kappa shape index (κ3) is 3.20. The molecule has 86 valence electrons. The van der Waals surface area contributed by atoms with Gasteiger partial charge in [0, 0.05) is 5.69 Å². The molecule has 0 fully saturated rings. The number of benzene rings is 1. The van der Waals surface area contributed by atoms with Crippen LogP contribution in [0.1, 0.15) is 18.1 Å². The summed E-state index contributed by atoms with van der Waals surface area (Å²) >= 11 is 5.04. The molecular weight excluding hydrogens is 220 g/mol. The summed E-state index contributed by atoms with van der Waals surface area (Å²) in [4.78, 5) is 0. The number of hydrogen-bond acceptors (Lipinski definition) is 2. The van der Waals surface area contributed by atoms with E-state index in [-0.39, 0.29) is 5.96 Å². The van der Waals surface area contributed by atoms with Gasteiger partial charge in [0.15, 0.2) is 11.1 Å². The Balaban J connectivity index is 2.87. The predicted octanol–water partition coefficient (Wildman–Crippen LogP) is 1.74. The molecule has 1 aromatic carbocycles. The highest BCUT2D eigenvalue weighted by Gasteiger charge is 2.05. The lowest BCUT2D eigenvalue weighted by atomic mass is 10.1. The molecule has 4 nitrogen and oxygen atoms in total. The second-order valence-corrected chi connectivity index (χ2v) is 3.86. The highest BCUT2D eigenvalue weighted by Crippen LogP contribution is 2.20. The average molecular weight is 236 g/mol. The molecule has 0 aromatic heterocycles. The van der Waals surface area contributed by atoms with Gasteiger partial charge in [0.25, 0.3) is 0 Å². The van der Waals surface area contributed by atoms with E-state index in [1.165, 1.54) is 5.56 Å². The Labute approximate surface area is 101 Å². The number of para-hydroxylation sites is 1. The average Bonchev–Trinajstić information content (AvgIpc) is 2.20. The molecule has 0 heterocycles. The van der Waals surface area contributed by atoms with Crippen molar-refractivity contribution in [3.05, 3.63) is 29.3 Å². The second kappa shape index (κ2) is 5.46. The Bertz CT molecular complexity index is 414. The molecule has 0 aliphatic carbocycles. The lowest BCUT2D eigenvalue weighted by molar-refractivity contribution is 1.13. The molecule has 0 radical (unpaired) electrons. The molecule has 0 saturated carbocycles. The molecule has 0 aliphatic heterocycles. The van der Waals surface area contributed by atoms with Gasteiger partial charge in [-0.1, -0.05) is 25.1 Å². The van der Waals surface area contributed by atoms with Crippen LogP contribution in [0.25, 0.3) is 0 Å². The van der Waals surface area contributed by atoms with Gasteiger partial charge in [-0.3, -0.25) is 5.41 Å². The van der Waals surface area contributed by atoms with Crippen molar-refractivity contribution in [3.63, 3.8) is 0 Å². The largest absolute Gasteiger partial charge is 0.370 e. The molecule has 0 atom stereocenters. The molecule has 5 heteroatoms.